The Morgan fingerprint density at radius 3 is 2.64 bits per heavy atom. The van der Waals surface area contributed by atoms with Crippen LogP contribution in [0.1, 0.15) is 4.88 Å². The molecule has 1 aromatic rings. The van der Waals surface area contributed by atoms with E-state index < -0.39 is 0 Å². The summed E-state index contributed by atoms with van der Waals surface area (Å²) in [4.78, 5) is 31.8. The number of imide groups is 1. The monoisotopic (exact) mass is 365 g/mol. The van der Waals surface area contributed by atoms with Crippen LogP contribution in [-0.2, 0) is 14.3 Å². The van der Waals surface area contributed by atoms with E-state index in [1.807, 2.05) is 17.5 Å². The van der Waals surface area contributed by atoms with Crippen LogP contribution in [0.3, 0.4) is 0 Å². The van der Waals surface area contributed by atoms with Crippen LogP contribution in [0.15, 0.2) is 23.2 Å². The first-order valence-electron chi connectivity index (χ1n) is 8.40. The first-order valence-corrected chi connectivity index (χ1v) is 9.28. The summed E-state index contributed by atoms with van der Waals surface area (Å²) in [5, 5.41) is 11.1. The molecule has 0 radical (unpaired) electrons. The van der Waals surface area contributed by atoms with Gasteiger partial charge in [-0.2, -0.15) is 0 Å². The average Bonchev–Trinajstić information content (AvgIpc) is 3.21. The molecule has 2 aliphatic rings. The highest BCUT2D eigenvalue weighted by Gasteiger charge is 2.41. The second kappa shape index (κ2) is 8.09. The molecule has 0 spiro atoms. The Balaban J connectivity index is 1.79. The Morgan fingerprint density at radius 1 is 1.24 bits per heavy atom. The number of rotatable bonds is 7. The van der Waals surface area contributed by atoms with Gasteiger partial charge in [-0.25, -0.2) is 0 Å². The van der Waals surface area contributed by atoms with Gasteiger partial charge in [0.1, 0.15) is 5.70 Å². The van der Waals surface area contributed by atoms with Gasteiger partial charge >= 0.3 is 0 Å². The topological polar surface area (TPSA) is 73.3 Å². The molecule has 3 heterocycles. The van der Waals surface area contributed by atoms with Crippen molar-refractivity contribution in [1.82, 2.24) is 14.7 Å². The second-order valence-electron chi connectivity index (χ2n) is 6.06. The van der Waals surface area contributed by atoms with Crippen LogP contribution in [-0.4, -0.2) is 91.2 Å². The predicted octanol–water partition coefficient (Wildman–Crippen LogP) is 0.0843. The van der Waals surface area contributed by atoms with Gasteiger partial charge in [0.15, 0.2) is 0 Å². The number of likely N-dealkylation sites (N-methyl/N-ethyl adjacent to an activating group) is 1. The van der Waals surface area contributed by atoms with Crippen molar-refractivity contribution in [3.05, 3.63) is 28.1 Å². The summed E-state index contributed by atoms with van der Waals surface area (Å²) in [7, 11) is 1.73. The van der Waals surface area contributed by atoms with E-state index in [1.165, 1.54) is 16.2 Å². The molecular weight excluding hydrogens is 342 g/mol. The van der Waals surface area contributed by atoms with Crippen LogP contribution >= 0.6 is 11.3 Å². The summed E-state index contributed by atoms with van der Waals surface area (Å²) >= 11 is 1.44. The van der Waals surface area contributed by atoms with E-state index >= 15 is 0 Å². The SMILES string of the molecule is CN(CCO)C1=C(c2cccs2)C(=O)N(CCN2CCOCC2)C1=O. The molecule has 8 heteroatoms. The fraction of sp³-hybridized carbons (Fsp3) is 0.529. The molecular formula is C17H23N3O4S. The molecule has 25 heavy (non-hydrogen) atoms. The molecule has 3 rings (SSSR count). The summed E-state index contributed by atoms with van der Waals surface area (Å²) < 4.78 is 5.33. The molecule has 0 bridgehead atoms. The number of nitrogens with zero attached hydrogens (tertiary/aromatic N) is 3. The fourth-order valence-electron chi connectivity index (χ4n) is 3.09. The van der Waals surface area contributed by atoms with Crippen LogP contribution in [0.4, 0.5) is 0 Å². The third-order valence-electron chi connectivity index (χ3n) is 4.47. The summed E-state index contributed by atoms with van der Waals surface area (Å²) in [6.45, 7) is 4.25. The molecule has 7 nitrogen and oxygen atoms in total. The van der Waals surface area contributed by atoms with E-state index in [0.29, 0.717) is 44.1 Å². The lowest BCUT2D eigenvalue weighted by Crippen LogP contribution is -2.44. The number of morpholine rings is 1. The quantitative estimate of drug-likeness (QED) is 0.690. The third-order valence-corrected chi connectivity index (χ3v) is 5.36. The molecule has 0 aromatic carbocycles. The van der Waals surface area contributed by atoms with E-state index in [0.717, 1.165) is 18.0 Å². The number of aliphatic hydroxyl groups excluding tert-OH is 1. The zero-order chi connectivity index (χ0) is 17.8. The van der Waals surface area contributed by atoms with Crippen LogP contribution in [0, 0.1) is 0 Å². The van der Waals surface area contributed by atoms with Crippen molar-refractivity contribution in [2.75, 3.05) is 59.6 Å². The standard InChI is InChI=1S/C17H23N3O4S/c1-18(6-9-21)15-14(13-3-2-12-25-13)16(22)20(17(15)23)5-4-19-7-10-24-11-8-19/h2-3,12,21H,4-11H2,1H3. The van der Waals surface area contributed by atoms with Crippen LogP contribution < -0.4 is 0 Å². The Kier molecular flexibility index (Phi) is 5.85. The van der Waals surface area contributed by atoms with Crippen molar-refractivity contribution in [2.45, 2.75) is 0 Å². The molecule has 1 saturated heterocycles. The van der Waals surface area contributed by atoms with Crippen molar-refractivity contribution in [3.63, 3.8) is 0 Å². The van der Waals surface area contributed by atoms with Gasteiger partial charge in [-0.15, -0.1) is 11.3 Å². The van der Waals surface area contributed by atoms with Crippen molar-refractivity contribution >= 4 is 28.7 Å². The number of thiophene rings is 1. The molecule has 0 atom stereocenters. The zero-order valence-corrected chi connectivity index (χ0v) is 15.1. The number of aliphatic hydroxyl groups is 1. The minimum atomic E-state index is -0.280. The van der Waals surface area contributed by atoms with Gasteiger partial charge in [-0.3, -0.25) is 19.4 Å². The molecule has 1 fully saturated rings. The van der Waals surface area contributed by atoms with Crippen LogP contribution in [0.25, 0.3) is 5.57 Å². The maximum Gasteiger partial charge on any atom is 0.277 e. The summed E-state index contributed by atoms with van der Waals surface area (Å²) in [5.74, 6) is -0.530. The Bertz CT molecular complexity index is 653. The van der Waals surface area contributed by atoms with Gasteiger partial charge in [0, 0.05) is 44.6 Å². The van der Waals surface area contributed by atoms with E-state index in [2.05, 4.69) is 4.90 Å². The highest BCUT2D eigenvalue weighted by Crippen LogP contribution is 2.33. The zero-order valence-electron chi connectivity index (χ0n) is 14.3. The Hall–Kier alpha value is -1.74. The maximum atomic E-state index is 12.9. The van der Waals surface area contributed by atoms with Gasteiger partial charge < -0.3 is 14.7 Å². The first-order chi connectivity index (χ1) is 12.1. The first kappa shape index (κ1) is 18.1. The van der Waals surface area contributed by atoms with Crippen molar-refractivity contribution in [1.29, 1.82) is 0 Å². The van der Waals surface area contributed by atoms with E-state index in [-0.39, 0.29) is 18.4 Å². The molecule has 1 N–H and O–H groups in total. The molecule has 0 saturated carbocycles. The number of hydrogen-bond acceptors (Lipinski definition) is 7. The molecule has 0 unspecified atom stereocenters. The maximum absolute atomic E-state index is 12.9. The molecule has 0 aliphatic carbocycles. The minimum Gasteiger partial charge on any atom is -0.395 e. The van der Waals surface area contributed by atoms with Gasteiger partial charge in [0.25, 0.3) is 11.8 Å². The number of ether oxygens (including phenoxy) is 1. The highest BCUT2D eigenvalue weighted by molar-refractivity contribution is 7.11. The van der Waals surface area contributed by atoms with Gasteiger partial charge in [0.2, 0.25) is 0 Å². The average molecular weight is 365 g/mol. The van der Waals surface area contributed by atoms with E-state index in [1.54, 1.807) is 11.9 Å². The summed E-state index contributed by atoms with van der Waals surface area (Å²) in [6, 6.07) is 3.72. The van der Waals surface area contributed by atoms with Crippen molar-refractivity contribution in [3.8, 4) is 0 Å². The molecule has 2 amide bonds. The minimum absolute atomic E-state index is 0.0764. The Morgan fingerprint density at radius 2 is 2.00 bits per heavy atom. The number of carbonyl (C=O) groups is 2. The van der Waals surface area contributed by atoms with Gasteiger partial charge in [0.05, 0.1) is 25.4 Å². The highest BCUT2D eigenvalue weighted by atomic mass is 32.1. The predicted molar refractivity (Wildman–Crippen MR) is 94.9 cm³/mol. The Labute approximate surface area is 151 Å². The van der Waals surface area contributed by atoms with Crippen molar-refractivity contribution < 1.29 is 19.4 Å². The molecule has 1 aromatic heterocycles. The number of hydrogen-bond donors (Lipinski definition) is 1. The van der Waals surface area contributed by atoms with Crippen molar-refractivity contribution in [2.24, 2.45) is 0 Å². The second-order valence-corrected chi connectivity index (χ2v) is 7.01. The van der Waals surface area contributed by atoms with Gasteiger partial charge in [-0.05, 0) is 11.4 Å². The lowest BCUT2D eigenvalue weighted by atomic mass is 10.2. The summed E-state index contributed by atoms with van der Waals surface area (Å²) in [5.41, 5.74) is 0.821. The van der Waals surface area contributed by atoms with E-state index in [9.17, 15) is 14.7 Å². The smallest absolute Gasteiger partial charge is 0.277 e. The number of amides is 2. The number of carbonyl (C=O) groups excluding carboxylic acids is 2. The largest absolute Gasteiger partial charge is 0.395 e. The fourth-order valence-corrected chi connectivity index (χ4v) is 3.85. The van der Waals surface area contributed by atoms with Crippen LogP contribution in [0.5, 0.6) is 0 Å². The van der Waals surface area contributed by atoms with E-state index in [4.69, 9.17) is 4.74 Å². The third kappa shape index (κ3) is 3.77. The van der Waals surface area contributed by atoms with Gasteiger partial charge in [-0.1, -0.05) is 6.07 Å². The molecule has 136 valence electrons. The lowest BCUT2D eigenvalue weighted by Gasteiger charge is -2.28. The molecule has 2 aliphatic heterocycles. The van der Waals surface area contributed by atoms with Crippen LogP contribution in [0.2, 0.25) is 0 Å². The normalized spacial score (nSPS) is 19.2. The lowest BCUT2D eigenvalue weighted by molar-refractivity contribution is -0.137. The summed E-state index contributed by atoms with van der Waals surface area (Å²) in [6.07, 6.45) is 0.